The highest BCUT2D eigenvalue weighted by Crippen LogP contribution is 2.10. The Hall–Kier alpha value is -2.24. The zero-order chi connectivity index (χ0) is 15.8. The quantitative estimate of drug-likeness (QED) is 0.749. The van der Waals surface area contributed by atoms with Crippen LogP contribution in [0.5, 0.6) is 0 Å². The number of anilines is 1. The number of carboxylic acid groups (broad SMARTS) is 1. The van der Waals surface area contributed by atoms with Gasteiger partial charge in [-0.05, 0) is 25.5 Å². The fourth-order valence-corrected chi connectivity index (χ4v) is 1.79. The average molecular weight is 293 g/mol. The number of hydrogen-bond donors (Lipinski definition) is 2. The van der Waals surface area contributed by atoms with E-state index in [2.05, 4.69) is 10.2 Å². The molecular weight excluding hydrogens is 270 g/mol. The highest BCUT2D eigenvalue weighted by Gasteiger charge is 2.20. The molecule has 2 amide bonds. The standard InChI is InChI=1S/C15H23N3O3/c1-12(14(19)20)18(3)15(21)16-10-7-11-17(2)13-8-5-4-6-9-13/h4-6,8-9,12H,7,10-11H2,1-3H3,(H,16,21)(H,19,20). The molecule has 6 nitrogen and oxygen atoms in total. The number of carboxylic acids is 1. The van der Waals surface area contributed by atoms with E-state index >= 15 is 0 Å². The second-order valence-electron chi connectivity index (χ2n) is 4.97. The van der Waals surface area contributed by atoms with E-state index in [-0.39, 0.29) is 6.03 Å². The summed E-state index contributed by atoms with van der Waals surface area (Å²) in [7, 11) is 3.47. The molecular formula is C15H23N3O3. The molecule has 0 aromatic heterocycles. The third kappa shape index (κ3) is 5.33. The van der Waals surface area contributed by atoms with Crippen molar-refractivity contribution in [1.29, 1.82) is 0 Å². The lowest BCUT2D eigenvalue weighted by Crippen LogP contribution is -2.46. The van der Waals surface area contributed by atoms with E-state index in [1.807, 2.05) is 37.4 Å². The molecule has 0 saturated carbocycles. The summed E-state index contributed by atoms with van der Waals surface area (Å²) in [6.45, 7) is 2.79. The van der Waals surface area contributed by atoms with E-state index in [0.717, 1.165) is 18.7 Å². The largest absolute Gasteiger partial charge is 0.480 e. The van der Waals surface area contributed by atoms with Crippen molar-refractivity contribution in [2.45, 2.75) is 19.4 Å². The van der Waals surface area contributed by atoms with Gasteiger partial charge in [0.05, 0.1) is 0 Å². The Kier molecular flexibility index (Phi) is 6.52. The maximum atomic E-state index is 11.7. The number of amides is 2. The first kappa shape index (κ1) is 16.8. The van der Waals surface area contributed by atoms with E-state index in [1.165, 1.54) is 18.9 Å². The van der Waals surface area contributed by atoms with Gasteiger partial charge in [0, 0.05) is 32.9 Å². The molecule has 0 heterocycles. The van der Waals surface area contributed by atoms with Crippen LogP contribution >= 0.6 is 0 Å². The van der Waals surface area contributed by atoms with Crippen molar-refractivity contribution < 1.29 is 14.7 Å². The maximum absolute atomic E-state index is 11.7. The van der Waals surface area contributed by atoms with Gasteiger partial charge in [0.15, 0.2) is 0 Å². The van der Waals surface area contributed by atoms with E-state index in [9.17, 15) is 9.59 Å². The highest BCUT2D eigenvalue weighted by molar-refractivity contribution is 5.82. The zero-order valence-electron chi connectivity index (χ0n) is 12.7. The third-order valence-corrected chi connectivity index (χ3v) is 3.40. The number of urea groups is 1. The SMILES string of the molecule is CC(C(=O)O)N(C)C(=O)NCCCN(C)c1ccccc1. The molecule has 1 rings (SSSR count). The van der Waals surface area contributed by atoms with Gasteiger partial charge in [-0.1, -0.05) is 18.2 Å². The molecule has 2 N–H and O–H groups in total. The summed E-state index contributed by atoms with van der Waals surface area (Å²) in [6, 6.07) is 8.79. The van der Waals surface area contributed by atoms with Crippen LogP contribution in [-0.4, -0.2) is 55.2 Å². The molecule has 0 aliphatic rings. The predicted octanol–water partition coefficient (Wildman–Crippen LogP) is 1.63. The first-order valence-electron chi connectivity index (χ1n) is 6.93. The molecule has 0 fully saturated rings. The molecule has 0 aliphatic heterocycles. The van der Waals surface area contributed by atoms with Gasteiger partial charge in [-0.25, -0.2) is 9.59 Å². The molecule has 0 radical (unpaired) electrons. The smallest absolute Gasteiger partial charge is 0.326 e. The van der Waals surface area contributed by atoms with E-state index in [4.69, 9.17) is 5.11 Å². The minimum Gasteiger partial charge on any atom is -0.480 e. The van der Waals surface area contributed by atoms with Gasteiger partial charge in [0.25, 0.3) is 0 Å². The maximum Gasteiger partial charge on any atom is 0.326 e. The minimum absolute atomic E-state index is 0.368. The number of hydrogen-bond acceptors (Lipinski definition) is 3. The predicted molar refractivity (Wildman–Crippen MR) is 82.6 cm³/mol. The molecule has 1 aromatic rings. The van der Waals surface area contributed by atoms with Gasteiger partial charge in [-0.2, -0.15) is 0 Å². The number of rotatable bonds is 7. The molecule has 0 spiro atoms. The molecule has 1 aromatic carbocycles. The van der Waals surface area contributed by atoms with E-state index in [1.54, 1.807) is 0 Å². The summed E-state index contributed by atoms with van der Waals surface area (Å²) in [5, 5.41) is 11.6. The van der Waals surface area contributed by atoms with Crippen LogP contribution in [0.25, 0.3) is 0 Å². The molecule has 116 valence electrons. The molecule has 6 heteroatoms. The van der Waals surface area contributed by atoms with Crippen LogP contribution in [0.2, 0.25) is 0 Å². The topological polar surface area (TPSA) is 72.9 Å². The Balaban J connectivity index is 2.28. The lowest BCUT2D eigenvalue weighted by Gasteiger charge is -2.23. The number of para-hydroxylation sites is 1. The number of carbonyl (C=O) groups is 2. The van der Waals surface area contributed by atoms with Gasteiger partial charge >= 0.3 is 12.0 Å². The Morgan fingerprint density at radius 1 is 1.24 bits per heavy atom. The van der Waals surface area contributed by atoms with E-state index in [0.29, 0.717) is 6.54 Å². The van der Waals surface area contributed by atoms with Crippen LogP contribution < -0.4 is 10.2 Å². The number of carbonyl (C=O) groups excluding carboxylic acids is 1. The van der Waals surface area contributed by atoms with Gasteiger partial charge in [-0.15, -0.1) is 0 Å². The molecule has 21 heavy (non-hydrogen) atoms. The number of likely N-dealkylation sites (N-methyl/N-ethyl adjacent to an activating group) is 1. The fraction of sp³-hybridized carbons (Fsp3) is 0.467. The summed E-state index contributed by atoms with van der Waals surface area (Å²) in [5.41, 5.74) is 1.13. The summed E-state index contributed by atoms with van der Waals surface area (Å²) < 4.78 is 0. The van der Waals surface area contributed by atoms with Gasteiger partial charge in [0.1, 0.15) is 6.04 Å². The summed E-state index contributed by atoms with van der Waals surface area (Å²) in [4.78, 5) is 25.8. The minimum atomic E-state index is -1.02. The number of benzene rings is 1. The molecule has 0 bridgehead atoms. The zero-order valence-corrected chi connectivity index (χ0v) is 12.7. The second kappa shape index (κ2) is 8.14. The van der Waals surface area contributed by atoms with Crippen molar-refractivity contribution in [3.63, 3.8) is 0 Å². The second-order valence-corrected chi connectivity index (χ2v) is 4.97. The molecule has 1 unspecified atom stereocenters. The van der Waals surface area contributed by atoms with Gasteiger partial charge < -0.3 is 20.2 Å². The monoisotopic (exact) mass is 293 g/mol. The Morgan fingerprint density at radius 3 is 2.43 bits per heavy atom. The van der Waals surface area contributed by atoms with Crippen molar-refractivity contribution >= 4 is 17.7 Å². The Morgan fingerprint density at radius 2 is 1.86 bits per heavy atom. The normalized spacial score (nSPS) is 11.6. The van der Waals surface area contributed by atoms with Crippen LogP contribution in [0.15, 0.2) is 30.3 Å². The van der Waals surface area contributed by atoms with Crippen LogP contribution in [0, 0.1) is 0 Å². The van der Waals surface area contributed by atoms with Crippen LogP contribution in [0.4, 0.5) is 10.5 Å². The van der Waals surface area contributed by atoms with Crippen LogP contribution in [0.1, 0.15) is 13.3 Å². The van der Waals surface area contributed by atoms with Gasteiger partial charge in [0.2, 0.25) is 0 Å². The summed E-state index contributed by atoms with van der Waals surface area (Å²) in [5.74, 6) is -1.02. The first-order valence-corrected chi connectivity index (χ1v) is 6.93. The number of nitrogens with zero attached hydrogens (tertiary/aromatic N) is 2. The number of nitrogens with one attached hydrogen (secondary N) is 1. The van der Waals surface area contributed by atoms with Crippen LogP contribution in [0.3, 0.4) is 0 Å². The van der Waals surface area contributed by atoms with Crippen LogP contribution in [-0.2, 0) is 4.79 Å². The van der Waals surface area contributed by atoms with Gasteiger partial charge in [-0.3, -0.25) is 0 Å². The summed E-state index contributed by atoms with van der Waals surface area (Å²) >= 11 is 0. The van der Waals surface area contributed by atoms with E-state index < -0.39 is 12.0 Å². The summed E-state index contributed by atoms with van der Waals surface area (Å²) in [6.07, 6.45) is 0.784. The third-order valence-electron chi connectivity index (χ3n) is 3.40. The molecule has 0 aliphatic carbocycles. The highest BCUT2D eigenvalue weighted by atomic mass is 16.4. The average Bonchev–Trinajstić information content (AvgIpc) is 2.50. The fourth-order valence-electron chi connectivity index (χ4n) is 1.79. The molecule has 1 atom stereocenters. The van der Waals surface area contributed by atoms with Crippen molar-refractivity contribution in [2.75, 3.05) is 32.1 Å². The Labute approximate surface area is 125 Å². The Bertz CT molecular complexity index is 464. The number of aliphatic carboxylic acids is 1. The van der Waals surface area contributed by atoms with Crippen molar-refractivity contribution in [1.82, 2.24) is 10.2 Å². The van der Waals surface area contributed by atoms with Crippen molar-refractivity contribution in [3.8, 4) is 0 Å². The first-order chi connectivity index (χ1) is 9.93. The lowest BCUT2D eigenvalue weighted by molar-refractivity contribution is -0.141. The molecule has 0 saturated heterocycles. The lowest BCUT2D eigenvalue weighted by atomic mass is 10.3. The van der Waals surface area contributed by atoms with Crippen molar-refractivity contribution in [3.05, 3.63) is 30.3 Å². The van der Waals surface area contributed by atoms with Crippen molar-refractivity contribution in [2.24, 2.45) is 0 Å².